The first-order chi connectivity index (χ1) is 5.39. The molecule has 0 amide bonds. The third kappa shape index (κ3) is 0.744. The lowest BCUT2D eigenvalue weighted by molar-refractivity contribution is -0.0410. The van der Waals surface area contributed by atoms with Crippen molar-refractivity contribution in [2.24, 2.45) is 11.8 Å². The van der Waals surface area contributed by atoms with E-state index in [9.17, 15) is 0 Å². The van der Waals surface area contributed by atoms with E-state index in [1.807, 2.05) is 0 Å². The average Bonchev–Trinajstić information content (AvgIpc) is 2.64. The molecule has 0 aromatic carbocycles. The molecule has 2 aliphatic carbocycles. The van der Waals surface area contributed by atoms with Crippen LogP contribution >= 0.6 is 0 Å². The second kappa shape index (κ2) is 1.99. The molecule has 2 saturated carbocycles. The van der Waals surface area contributed by atoms with Crippen LogP contribution in [-0.4, -0.2) is 19.0 Å². The predicted octanol–water partition coefficient (Wildman–Crippen LogP) is 1.55. The molecule has 0 aromatic heterocycles. The summed E-state index contributed by atoms with van der Waals surface area (Å²) in [5, 5.41) is 0. The molecule has 1 aliphatic heterocycles. The topological polar surface area (TPSA) is 18.5 Å². The number of hydrogen-bond donors (Lipinski definition) is 0. The molecular formula is C9H14O2. The normalized spacial score (nSPS) is 54.5. The second-order valence-electron chi connectivity index (χ2n) is 4.26. The summed E-state index contributed by atoms with van der Waals surface area (Å²) in [7, 11) is 0. The van der Waals surface area contributed by atoms with Gasteiger partial charge in [0.25, 0.3) is 0 Å². The zero-order valence-electron chi connectivity index (χ0n) is 6.71. The van der Waals surface area contributed by atoms with Crippen molar-refractivity contribution in [3.8, 4) is 0 Å². The summed E-state index contributed by atoms with van der Waals surface area (Å²) in [6.45, 7) is 1.41. The minimum absolute atomic E-state index is 0.183. The molecule has 0 aromatic rings. The molecule has 0 N–H and O–H groups in total. The molecule has 2 nitrogen and oxygen atoms in total. The minimum Gasteiger partial charge on any atom is -0.352 e. The highest BCUT2D eigenvalue weighted by molar-refractivity contribution is 5.03. The predicted molar refractivity (Wildman–Crippen MR) is 40.1 cm³/mol. The first kappa shape index (κ1) is 6.44. The van der Waals surface area contributed by atoms with E-state index in [1.165, 1.54) is 25.7 Å². The van der Waals surface area contributed by atoms with Crippen LogP contribution in [0.5, 0.6) is 0 Å². The fourth-order valence-electron chi connectivity index (χ4n) is 3.16. The molecule has 2 heteroatoms. The van der Waals surface area contributed by atoms with E-state index >= 15 is 0 Å². The van der Waals surface area contributed by atoms with E-state index in [1.54, 1.807) is 0 Å². The molecule has 1 heterocycles. The monoisotopic (exact) mass is 154 g/mol. The third-order valence-electron chi connectivity index (χ3n) is 3.70. The number of hydrogen-bond acceptors (Lipinski definition) is 2. The highest BCUT2D eigenvalue weighted by Gasteiger charge is 2.54. The summed E-state index contributed by atoms with van der Waals surface area (Å²) in [4.78, 5) is 0. The molecule has 0 radical (unpaired) electrons. The van der Waals surface area contributed by atoms with Crippen molar-refractivity contribution in [1.29, 1.82) is 0 Å². The van der Waals surface area contributed by atoms with Crippen molar-refractivity contribution >= 4 is 0 Å². The fraction of sp³-hybridized carbons (Fsp3) is 1.00. The molecular weight excluding hydrogens is 140 g/mol. The summed E-state index contributed by atoms with van der Waals surface area (Å²) < 4.78 is 11.0. The average molecular weight is 154 g/mol. The molecule has 2 bridgehead atoms. The summed E-state index contributed by atoms with van der Waals surface area (Å²) in [6, 6.07) is 0. The maximum atomic E-state index is 5.71. The Morgan fingerprint density at radius 2 is 2.27 bits per heavy atom. The van der Waals surface area contributed by atoms with Gasteiger partial charge >= 0.3 is 0 Å². The van der Waals surface area contributed by atoms with Gasteiger partial charge in [0.2, 0.25) is 0 Å². The van der Waals surface area contributed by atoms with Gasteiger partial charge in [0, 0.05) is 0 Å². The summed E-state index contributed by atoms with van der Waals surface area (Å²) in [5.41, 5.74) is 0.183. The lowest BCUT2D eigenvalue weighted by atomic mass is 9.85. The molecule has 1 spiro atoms. The van der Waals surface area contributed by atoms with Gasteiger partial charge in [-0.15, -0.1) is 0 Å². The number of ether oxygens (including phenoxy) is 2. The van der Waals surface area contributed by atoms with E-state index in [4.69, 9.17) is 9.47 Å². The summed E-state index contributed by atoms with van der Waals surface area (Å²) in [5.74, 6) is 1.79. The van der Waals surface area contributed by atoms with Gasteiger partial charge in [-0.2, -0.15) is 0 Å². The molecule has 62 valence electrons. The lowest BCUT2D eigenvalue weighted by Gasteiger charge is -2.30. The van der Waals surface area contributed by atoms with Crippen LogP contribution in [0.15, 0.2) is 0 Å². The first-order valence-electron chi connectivity index (χ1n) is 4.61. The summed E-state index contributed by atoms with van der Waals surface area (Å²) in [6.07, 6.45) is 5.50. The molecule has 3 rings (SSSR count). The van der Waals surface area contributed by atoms with E-state index in [-0.39, 0.29) is 5.60 Å². The maximum Gasteiger partial charge on any atom is 0.147 e. The second-order valence-corrected chi connectivity index (χ2v) is 4.26. The Hall–Kier alpha value is -0.0800. The minimum atomic E-state index is 0.183. The lowest BCUT2D eigenvalue weighted by Crippen LogP contribution is -2.37. The van der Waals surface area contributed by atoms with E-state index in [2.05, 4.69) is 0 Å². The smallest absolute Gasteiger partial charge is 0.147 e. The van der Waals surface area contributed by atoms with Crippen LogP contribution in [0, 0.1) is 11.8 Å². The van der Waals surface area contributed by atoms with Crippen LogP contribution in [0.3, 0.4) is 0 Å². The van der Waals surface area contributed by atoms with Crippen molar-refractivity contribution < 1.29 is 9.47 Å². The summed E-state index contributed by atoms with van der Waals surface area (Å²) >= 11 is 0. The van der Waals surface area contributed by atoms with E-state index in [0.717, 1.165) is 18.4 Å². The van der Waals surface area contributed by atoms with Gasteiger partial charge in [-0.25, -0.2) is 0 Å². The van der Waals surface area contributed by atoms with Gasteiger partial charge in [-0.3, -0.25) is 0 Å². The molecule has 3 atom stereocenters. The van der Waals surface area contributed by atoms with Crippen molar-refractivity contribution in [2.75, 3.05) is 13.4 Å². The zero-order valence-corrected chi connectivity index (χ0v) is 6.71. The standard InChI is InChI=1S/C9H14O2/c1-2-8-3-7(1)4-9(8)5-10-6-11-9/h7-8H,1-6H2. The molecule has 3 aliphatic rings. The van der Waals surface area contributed by atoms with Crippen molar-refractivity contribution in [1.82, 2.24) is 0 Å². The third-order valence-corrected chi connectivity index (χ3v) is 3.70. The zero-order chi connectivity index (χ0) is 7.31. The van der Waals surface area contributed by atoms with Crippen molar-refractivity contribution in [2.45, 2.75) is 31.3 Å². The van der Waals surface area contributed by atoms with Gasteiger partial charge in [-0.05, 0) is 37.5 Å². The Kier molecular flexibility index (Phi) is 1.16. The quantitative estimate of drug-likeness (QED) is 0.527. The number of rotatable bonds is 0. The Labute approximate surface area is 66.9 Å². The van der Waals surface area contributed by atoms with E-state index in [0.29, 0.717) is 6.79 Å². The van der Waals surface area contributed by atoms with Crippen LogP contribution in [0.2, 0.25) is 0 Å². The maximum absolute atomic E-state index is 5.71. The Morgan fingerprint density at radius 1 is 1.27 bits per heavy atom. The van der Waals surface area contributed by atoms with Crippen LogP contribution in [0.25, 0.3) is 0 Å². The largest absolute Gasteiger partial charge is 0.352 e. The Balaban J connectivity index is 1.88. The van der Waals surface area contributed by atoms with Crippen molar-refractivity contribution in [3.63, 3.8) is 0 Å². The van der Waals surface area contributed by atoms with Crippen molar-refractivity contribution in [3.05, 3.63) is 0 Å². The van der Waals surface area contributed by atoms with Gasteiger partial charge in [0.15, 0.2) is 0 Å². The van der Waals surface area contributed by atoms with Gasteiger partial charge < -0.3 is 9.47 Å². The highest BCUT2D eigenvalue weighted by Crippen LogP contribution is 2.53. The fourth-order valence-corrected chi connectivity index (χ4v) is 3.16. The number of fused-ring (bicyclic) bond motifs is 3. The van der Waals surface area contributed by atoms with Gasteiger partial charge in [0.05, 0.1) is 12.2 Å². The first-order valence-corrected chi connectivity index (χ1v) is 4.61. The van der Waals surface area contributed by atoms with E-state index < -0.39 is 0 Å². The molecule has 3 unspecified atom stereocenters. The Morgan fingerprint density at radius 3 is 2.82 bits per heavy atom. The molecule has 11 heavy (non-hydrogen) atoms. The van der Waals surface area contributed by atoms with Crippen LogP contribution < -0.4 is 0 Å². The van der Waals surface area contributed by atoms with Crippen LogP contribution in [-0.2, 0) is 9.47 Å². The van der Waals surface area contributed by atoms with Crippen LogP contribution in [0.1, 0.15) is 25.7 Å². The Bertz CT molecular complexity index is 172. The molecule has 1 saturated heterocycles. The molecule has 3 fully saturated rings. The van der Waals surface area contributed by atoms with Gasteiger partial charge in [0.1, 0.15) is 6.79 Å². The van der Waals surface area contributed by atoms with Crippen LogP contribution in [0.4, 0.5) is 0 Å². The van der Waals surface area contributed by atoms with Gasteiger partial charge in [-0.1, -0.05) is 0 Å². The highest BCUT2D eigenvalue weighted by atomic mass is 16.7. The SMILES string of the molecule is C1OCC2(CC3CCC2C3)O1.